The largest absolute Gasteiger partial charge is 2.00 e. The topological polar surface area (TPSA) is 33.4 Å². The summed E-state index contributed by atoms with van der Waals surface area (Å²) in [6, 6.07) is 48.9. The van der Waals surface area contributed by atoms with Gasteiger partial charge in [-0.1, -0.05) is 96.7 Å². The van der Waals surface area contributed by atoms with Crippen molar-refractivity contribution < 1.29 is 21.1 Å². The van der Waals surface area contributed by atoms with Gasteiger partial charge in [-0.2, -0.15) is 0 Å². The second kappa shape index (κ2) is 11.2. The van der Waals surface area contributed by atoms with Gasteiger partial charge in [-0.15, -0.1) is 53.1 Å². The fraction of sp³-hybridized carbons (Fsp3) is 0.122. The zero-order chi connectivity index (χ0) is 30.1. The van der Waals surface area contributed by atoms with Gasteiger partial charge < -0.3 is 19.4 Å². The summed E-state index contributed by atoms with van der Waals surface area (Å²) in [4.78, 5) is 12.6. The first-order valence-electron chi connectivity index (χ1n) is 15.5. The maximum Gasteiger partial charge on any atom is 2.00 e. The predicted octanol–water partition coefficient (Wildman–Crippen LogP) is 9.12. The van der Waals surface area contributed by atoms with Crippen molar-refractivity contribution in [2.45, 2.75) is 32.5 Å². The Hall–Kier alpha value is -4.79. The van der Waals surface area contributed by atoms with E-state index in [1.807, 2.05) is 12.3 Å². The van der Waals surface area contributed by atoms with Crippen molar-refractivity contribution in [1.82, 2.24) is 14.5 Å². The molecule has 0 bridgehead atoms. The van der Waals surface area contributed by atoms with Crippen LogP contribution in [0.25, 0.3) is 38.8 Å². The second-order valence-electron chi connectivity index (χ2n) is 12.2. The summed E-state index contributed by atoms with van der Waals surface area (Å²) in [6.45, 7) is 5.11. The van der Waals surface area contributed by atoms with E-state index in [2.05, 4.69) is 150 Å². The third-order valence-electron chi connectivity index (χ3n) is 9.28. The van der Waals surface area contributed by atoms with E-state index in [1.54, 1.807) is 0 Å². The fourth-order valence-corrected chi connectivity index (χ4v) is 7.28. The third-order valence-corrected chi connectivity index (χ3v) is 9.28. The number of fused-ring (bicyclic) bond motifs is 6. The zero-order valence-corrected chi connectivity index (χ0v) is 27.8. The molecule has 0 spiro atoms. The number of hydrogen-bond donors (Lipinski definition) is 0. The van der Waals surface area contributed by atoms with Gasteiger partial charge in [0.25, 0.3) is 0 Å². The average molecular weight is 774 g/mol. The van der Waals surface area contributed by atoms with Crippen LogP contribution in [0.3, 0.4) is 0 Å². The summed E-state index contributed by atoms with van der Waals surface area (Å²) in [5, 5.41) is 2.36. The van der Waals surface area contributed by atoms with E-state index in [0.29, 0.717) is 0 Å². The quantitative estimate of drug-likeness (QED) is 0.167. The minimum absolute atomic E-state index is 0. The molecule has 0 N–H and O–H groups in total. The Labute approximate surface area is 283 Å². The Balaban J connectivity index is 0.00000312. The Morgan fingerprint density at radius 2 is 1.52 bits per heavy atom. The van der Waals surface area contributed by atoms with Gasteiger partial charge in [0.05, 0.1) is 12.1 Å². The van der Waals surface area contributed by atoms with Crippen LogP contribution in [0.5, 0.6) is 0 Å². The molecule has 2 aliphatic heterocycles. The van der Waals surface area contributed by atoms with E-state index < -0.39 is 0 Å². The van der Waals surface area contributed by atoms with Gasteiger partial charge >= 0.3 is 21.1 Å². The van der Waals surface area contributed by atoms with E-state index in [1.165, 1.54) is 33.2 Å². The van der Waals surface area contributed by atoms with Crippen molar-refractivity contribution in [2.24, 2.45) is 4.99 Å². The van der Waals surface area contributed by atoms with E-state index in [0.717, 1.165) is 51.3 Å². The molecule has 224 valence electrons. The minimum atomic E-state index is 0. The molecule has 0 unspecified atom stereocenters. The molecule has 0 aliphatic carbocycles. The van der Waals surface area contributed by atoms with Gasteiger partial charge in [0.1, 0.15) is 0 Å². The maximum atomic E-state index is 5.45. The van der Waals surface area contributed by atoms with Gasteiger partial charge in [0, 0.05) is 24.1 Å². The molecule has 7 aromatic rings. The first-order valence-corrected chi connectivity index (χ1v) is 15.5. The standard InChI is InChI=1S/C41H30N4.Pt/c1-26-18-19-42-36(22-26)29-16-17-35-34-14-8-9-15-37(34)45(38(35)24-29)32-21-27(2)20-31(23-32)41-43-39(28-10-4-3-5-11-28)40-33-13-7-6-12-30(33)25-44(40)41;/h3-22,39-40H,25H2,1-2H3;/q-2;+2/t39-,40+;/m1./s1. The molecule has 2 aliphatic rings. The van der Waals surface area contributed by atoms with Crippen molar-refractivity contribution in [3.05, 3.63) is 167 Å². The van der Waals surface area contributed by atoms with Crippen LogP contribution in [-0.2, 0) is 27.6 Å². The van der Waals surface area contributed by atoms with Crippen LogP contribution in [0.4, 0.5) is 0 Å². The second-order valence-corrected chi connectivity index (χ2v) is 12.2. The third kappa shape index (κ3) is 4.55. The molecular formula is C41H30N4Pt. The molecule has 0 radical (unpaired) electrons. The van der Waals surface area contributed by atoms with Gasteiger partial charge in [-0.05, 0) is 58.0 Å². The Morgan fingerprint density at radius 3 is 2.39 bits per heavy atom. The average Bonchev–Trinajstić information content (AvgIpc) is 3.73. The summed E-state index contributed by atoms with van der Waals surface area (Å²) in [6.07, 6.45) is 1.87. The number of rotatable bonds is 4. The summed E-state index contributed by atoms with van der Waals surface area (Å²) in [5.41, 5.74) is 12.4. The van der Waals surface area contributed by atoms with Crippen LogP contribution in [0.1, 0.15) is 45.5 Å². The summed E-state index contributed by atoms with van der Waals surface area (Å²) >= 11 is 0. The van der Waals surface area contributed by atoms with Crippen molar-refractivity contribution in [2.75, 3.05) is 0 Å². The number of benzene rings is 5. The van der Waals surface area contributed by atoms with Gasteiger partial charge in [-0.25, -0.2) is 0 Å². The number of aliphatic imine (C=N–C) groups is 1. The molecule has 2 aromatic heterocycles. The van der Waals surface area contributed by atoms with Gasteiger partial charge in [0.15, 0.2) is 0 Å². The summed E-state index contributed by atoms with van der Waals surface area (Å²) in [5.74, 6) is 1.00. The van der Waals surface area contributed by atoms with E-state index >= 15 is 0 Å². The number of hydrogen-bond acceptors (Lipinski definition) is 3. The minimum Gasteiger partial charge on any atom is -0.383 e. The molecule has 2 atom stereocenters. The van der Waals surface area contributed by atoms with Gasteiger partial charge in [-0.3, -0.25) is 0 Å². The van der Waals surface area contributed by atoms with Crippen molar-refractivity contribution in [1.29, 1.82) is 0 Å². The first-order chi connectivity index (χ1) is 22.1. The van der Waals surface area contributed by atoms with Crippen LogP contribution in [0.15, 0.2) is 126 Å². The predicted molar refractivity (Wildman–Crippen MR) is 182 cm³/mol. The van der Waals surface area contributed by atoms with Crippen LogP contribution < -0.4 is 0 Å². The SMILES string of the molecule is Cc1cc(C2=N[C@H](c3ccccc3)[C@@H]3c4ccccc4CN23)[c-]c(-n2c3[c-]c(-c4cc(C)ccn4)ccc3c3ccccc32)c1.[Pt+2]. The molecule has 0 saturated heterocycles. The first kappa shape index (κ1) is 28.7. The maximum absolute atomic E-state index is 5.45. The van der Waals surface area contributed by atoms with E-state index in [4.69, 9.17) is 4.99 Å². The van der Waals surface area contributed by atoms with Crippen LogP contribution >= 0.6 is 0 Å². The Morgan fingerprint density at radius 1 is 0.717 bits per heavy atom. The molecule has 4 heterocycles. The molecule has 5 aromatic carbocycles. The number of aromatic nitrogens is 2. The summed E-state index contributed by atoms with van der Waals surface area (Å²) in [7, 11) is 0. The number of para-hydroxylation sites is 1. The molecule has 4 nitrogen and oxygen atoms in total. The smallest absolute Gasteiger partial charge is 0.383 e. The van der Waals surface area contributed by atoms with Crippen molar-refractivity contribution in [3.8, 4) is 16.9 Å². The number of aryl methyl sites for hydroxylation is 2. The molecule has 46 heavy (non-hydrogen) atoms. The Bertz CT molecular complexity index is 2300. The van der Waals surface area contributed by atoms with Crippen molar-refractivity contribution >= 4 is 27.6 Å². The monoisotopic (exact) mass is 773 g/mol. The number of pyridine rings is 1. The summed E-state index contributed by atoms with van der Waals surface area (Å²) < 4.78 is 2.31. The zero-order valence-electron chi connectivity index (χ0n) is 25.5. The van der Waals surface area contributed by atoms with Crippen LogP contribution in [0, 0.1) is 26.0 Å². The fourth-order valence-electron chi connectivity index (χ4n) is 7.28. The van der Waals surface area contributed by atoms with Crippen LogP contribution in [-0.4, -0.2) is 20.3 Å². The number of nitrogens with zero attached hydrogens (tertiary/aromatic N) is 4. The van der Waals surface area contributed by atoms with Gasteiger partial charge in [0.2, 0.25) is 0 Å². The number of amidine groups is 1. The van der Waals surface area contributed by atoms with Crippen molar-refractivity contribution in [3.63, 3.8) is 0 Å². The van der Waals surface area contributed by atoms with E-state index in [-0.39, 0.29) is 33.1 Å². The van der Waals surface area contributed by atoms with Crippen LogP contribution in [0.2, 0.25) is 0 Å². The molecule has 5 heteroatoms. The molecule has 0 saturated carbocycles. The molecular weight excluding hydrogens is 744 g/mol. The van der Waals surface area contributed by atoms with E-state index in [9.17, 15) is 0 Å². The molecule has 9 rings (SSSR count). The Kier molecular flexibility index (Phi) is 6.99. The normalized spacial score (nSPS) is 16.7. The molecule has 0 amide bonds. The molecule has 0 fully saturated rings.